The first-order valence-corrected chi connectivity index (χ1v) is 7.97. The number of thioether (sulfide) groups is 1. The largest absolute Gasteiger partial charge is 0.480 e. The van der Waals surface area contributed by atoms with Crippen molar-refractivity contribution in [2.24, 2.45) is 0 Å². The van der Waals surface area contributed by atoms with E-state index in [-0.39, 0.29) is 0 Å². The first kappa shape index (κ1) is 16.1. The minimum atomic E-state index is -0.765. The number of aliphatic carboxylic acids is 1. The molecule has 1 rings (SSSR count). The van der Waals surface area contributed by atoms with Crippen LogP contribution in [-0.4, -0.2) is 35.3 Å². The van der Waals surface area contributed by atoms with Crippen LogP contribution in [0.2, 0.25) is 0 Å². The molecule has 0 heterocycles. The Morgan fingerprint density at radius 3 is 2.11 bits per heavy atom. The fourth-order valence-electron chi connectivity index (χ4n) is 2.24. The zero-order valence-electron chi connectivity index (χ0n) is 11.9. The van der Waals surface area contributed by atoms with Gasteiger partial charge in [-0.2, -0.15) is 0 Å². The summed E-state index contributed by atoms with van der Waals surface area (Å²) in [5.74, 6) is -0.765. The van der Waals surface area contributed by atoms with Gasteiger partial charge in [-0.25, -0.2) is 0 Å². The maximum atomic E-state index is 11.6. The molecule has 0 aromatic heterocycles. The van der Waals surface area contributed by atoms with E-state index in [1.165, 1.54) is 0 Å². The van der Waals surface area contributed by atoms with Crippen molar-refractivity contribution in [1.82, 2.24) is 4.90 Å². The van der Waals surface area contributed by atoms with Crippen LogP contribution in [0.15, 0.2) is 29.2 Å². The summed E-state index contributed by atoms with van der Waals surface area (Å²) in [5, 5.41) is 9.53. The zero-order chi connectivity index (χ0) is 14.3. The average molecular weight is 281 g/mol. The molecule has 0 spiro atoms. The van der Waals surface area contributed by atoms with Gasteiger partial charge in [-0.05, 0) is 49.9 Å². The van der Waals surface area contributed by atoms with Crippen LogP contribution in [0, 0.1) is 0 Å². The third-order valence-corrected chi connectivity index (χ3v) is 3.80. The molecule has 1 aromatic carbocycles. The van der Waals surface area contributed by atoms with E-state index in [0.717, 1.165) is 36.4 Å². The first-order valence-electron chi connectivity index (χ1n) is 6.74. The summed E-state index contributed by atoms with van der Waals surface area (Å²) in [6, 6.07) is 7.32. The van der Waals surface area contributed by atoms with Crippen molar-refractivity contribution in [1.29, 1.82) is 0 Å². The smallest absolute Gasteiger partial charge is 0.325 e. The van der Waals surface area contributed by atoms with Gasteiger partial charge in [-0.15, -0.1) is 11.8 Å². The quantitative estimate of drug-likeness (QED) is 0.738. The van der Waals surface area contributed by atoms with E-state index >= 15 is 0 Å². The Labute approximate surface area is 120 Å². The Morgan fingerprint density at radius 2 is 1.74 bits per heavy atom. The molecule has 0 bridgehead atoms. The SMILES string of the molecule is CCCN(CCC)C(C(=O)O)c1ccc(SC)cc1. The molecule has 0 aliphatic heterocycles. The Kier molecular flexibility index (Phi) is 6.95. The molecule has 1 aromatic rings. The van der Waals surface area contributed by atoms with Crippen molar-refractivity contribution < 1.29 is 9.90 Å². The highest BCUT2D eigenvalue weighted by Gasteiger charge is 2.26. The van der Waals surface area contributed by atoms with Gasteiger partial charge in [-0.3, -0.25) is 9.69 Å². The highest BCUT2D eigenvalue weighted by Crippen LogP contribution is 2.24. The molecule has 0 aliphatic carbocycles. The predicted molar refractivity (Wildman–Crippen MR) is 80.8 cm³/mol. The van der Waals surface area contributed by atoms with E-state index in [1.807, 2.05) is 30.5 Å². The zero-order valence-corrected chi connectivity index (χ0v) is 12.7. The topological polar surface area (TPSA) is 40.5 Å². The molecule has 0 fully saturated rings. The van der Waals surface area contributed by atoms with Crippen LogP contribution < -0.4 is 0 Å². The summed E-state index contributed by atoms with van der Waals surface area (Å²) in [7, 11) is 0. The summed E-state index contributed by atoms with van der Waals surface area (Å²) in [6.07, 6.45) is 3.95. The first-order chi connectivity index (χ1) is 9.13. The average Bonchev–Trinajstić information content (AvgIpc) is 2.40. The van der Waals surface area contributed by atoms with Crippen LogP contribution in [0.4, 0.5) is 0 Å². The third kappa shape index (κ3) is 4.55. The lowest BCUT2D eigenvalue weighted by Crippen LogP contribution is -2.35. The predicted octanol–water partition coefficient (Wildman–Crippen LogP) is 3.66. The second kappa shape index (κ2) is 8.23. The number of hydrogen-bond donors (Lipinski definition) is 1. The number of carboxylic acid groups (broad SMARTS) is 1. The third-order valence-electron chi connectivity index (χ3n) is 3.05. The lowest BCUT2D eigenvalue weighted by molar-refractivity contribution is -0.143. The van der Waals surface area contributed by atoms with E-state index < -0.39 is 12.0 Å². The summed E-state index contributed by atoms with van der Waals surface area (Å²) in [4.78, 5) is 14.8. The van der Waals surface area contributed by atoms with Gasteiger partial charge in [-0.1, -0.05) is 26.0 Å². The van der Waals surface area contributed by atoms with E-state index in [2.05, 4.69) is 18.7 Å². The van der Waals surface area contributed by atoms with Crippen LogP contribution in [0.5, 0.6) is 0 Å². The van der Waals surface area contributed by atoms with Crippen molar-refractivity contribution in [2.75, 3.05) is 19.3 Å². The van der Waals surface area contributed by atoms with Gasteiger partial charge < -0.3 is 5.11 Å². The Hall–Kier alpha value is -1.00. The highest BCUT2D eigenvalue weighted by atomic mass is 32.2. The number of carbonyl (C=O) groups is 1. The molecule has 19 heavy (non-hydrogen) atoms. The highest BCUT2D eigenvalue weighted by molar-refractivity contribution is 7.98. The molecule has 0 aliphatic rings. The molecule has 0 saturated carbocycles. The van der Waals surface area contributed by atoms with E-state index in [4.69, 9.17) is 0 Å². The number of benzene rings is 1. The molecule has 1 atom stereocenters. The van der Waals surface area contributed by atoms with Crippen molar-refractivity contribution in [3.05, 3.63) is 29.8 Å². The lowest BCUT2D eigenvalue weighted by atomic mass is 10.0. The second-order valence-corrected chi connectivity index (χ2v) is 5.43. The van der Waals surface area contributed by atoms with Crippen molar-refractivity contribution in [3.8, 4) is 0 Å². The molecule has 1 N–H and O–H groups in total. The number of nitrogens with zero attached hydrogens (tertiary/aromatic N) is 1. The standard InChI is InChI=1S/C15H23NO2S/c1-4-10-16(11-5-2)14(15(17)18)12-6-8-13(19-3)9-7-12/h6-9,14H,4-5,10-11H2,1-3H3,(H,17,18). The molecule has 3 nitrogen and oxygen atoms in total. The fourth-order valence-corrected chi connectivity index (χ4v) is 2.65. The molecule has 1 unspecified atom stereocenters. The van der Waals surface area contributed by atoms with Crippen molar-refractivity contribution >= 4 is 17.7 Å². The molecule has 0 radical (unpaired) electrons. The monoisotopic (exact) mass is 281 g/mol. The van der Waals surface area contributed by atoms with Gasteiger partial charge in [0.05, 0.1) is 0 Å². The molecular formula is C15H23NO2S. The molecule has 4 heteroatoms. The Bertz CT molecular complexity index is 386. The van der Waals surface area contributed by atoms with Crippen LogP contribution in [-0.2, 0) is 4.79 Å². The van der Waals surface area contributed by atoms with Gasteiger partial charge in [0.15, 0.2) is 0 Å². The summed E-state index contributed by atoms with van der Waals surface area (Å²) >= 11 is 1.67. The van der Waals surface area contributed by atoms with Gasteiger partial charge in [0.1, 0.15) is 6.04 Å². The van der Waals surface area contributed by atoms with Crippen LogP contribution in [0.25, 0.3) is 0 Å². The number of hydrogen-bond acceptors (Lipinski definition) is 3. The van der Waals surface area contributed by atoms with Crippen LogP contribution in [0.1, 0.15) is 38.3 Å². The van der Waals surface area contributed by atoms with Gasteiger partial charge >= 0.3 is 5.97 Å². The fraction of sp³-hybridized carbons (Fsp3) is 0.533. The van der Waals surface area contributed by atoms with Crippen molar-refractivity contribution in [3.63, 3.8) is 0 Å². The molecule has 106 valence electrons. The second-order valence-electron chi connectivity index (χ2n) is 4.55. The van der Waals surface area contributed by atoms with E-state index in [9.17, 15) is 9.90 Å². The minimum absolute atomic E-state index is 0.532. The molecule has 0 saturated heterocycles. The van der Waals surface area contributed by atoms with Crippen molar-refractivity contribution in [2.45, 2.75) is 37.6 Å². The number of carboxylic acids is 1. The normalized spacial score (nSPS) is 12.6. The van der Waals surface area contributed by atoms with E-state index in [0.29, 0.717) is 0 Å². The van der Waals surface area contributed by atoms with Crippen LogP contribution in [0.3, 0.4) is 0 Å². The summed E-state index contributed by atoms with van der Waals surface area (Å²) in [6.45, 7) is 5.79. The lowest BCUT2D eigenvalue weighted by Gasteiger charge is -2.28. The van der Waals surface area contributed by atoms with Gasteiger partial charge in [0.2, 0.25) is 0 Å². The summed E-state index contributed by atoms with van der Waals surface area (Å²) < 4.78 is 0. The Morgan fingerprint density at radius 1 is 1.21 bits per heavy atom. The van der Waals surface area contributed by atoms with E-state index in [1.54, 1.807) is 11.8 Å². The maximum Gasteiger partial charge on any atom is 0.325 e. The molecule has 0 amide bonds. The Balaban J connectivity index is 2.99. The van der Waals surface area contributed by atoms with Gasteiger partial charge in [0, 0.05) is 4.90 Å². The van der Waals surface area contributed by atoms with Gasteiger partial charge in [0.25, 0.3) is 0 Å². The van der Waals surface area contributed by atoms with Crippen LogP contribution >= 0.6 is 11.8 Å². The maximum absolute atomic E-state index is 11.6. The summed E-state index contributed by atoms with van der Waals surface area (Å²) in [5.41, 5.74) is 0.868. The molecular weight excluding hydrogens is 258 g/mol. The number of rotatable bonds is 8. The minimum Gasteiger partial charge on any atom is -0.480 e.